The Labute approximate surface area is 108 Å². The summed E-state index contributed by atoms with van der Waals surface area (Å²) >= 11 is 0. The van der Waals surface area contributed by atoms with Gasteiger partial charge < -0.3 is 16.5 Å². The zero-order valence-electron chi connectivity index (χ0n) is 10.9. The molecule has 1 aliphatic carbocycles. The number of hydrogen-bond donors (Lipinski definition) is 4. The maximum absolute atomic E-state index is 5.63. The average molecular weight is 250 g/mol. The molecule has 1 saturated carbocycles. The van der Waals surface area contributed by atoms with Gasteiger partial charge >= 0.3 is 0 Å². The minimum Gasteiger partial charge on any atom is -0.369 e. The van der Waals surface area contributed by atoms with Crippen LogP contribution in [0.3, 0.4) is 0 Å². The van der Waals surface area contributed by atoms with Gasteiger partial charge in [0.25, 0.3) is 0 Å². The Balaban J connectivity index is 2.03. The lowest BCUT2D eigenvalue weighted by Gasteiger charge is -2.28. The lowest BCUT2D eigenvalue weighted by atomic mass is 9.83. The SMILES string of the molecule is CCC1(CNc2cc(NN)nc(N)n2)CCCC1. The number of aromatic nitrogens is 2. The molecule has 18 heavy (non-hydrogen) atoms. The van der Waals surface area contributed by atoms with E-state index in [1.54, 1.807) is 6.07 Å². The molecular formula is C12H22N6. The monoisotopic (exact) mass is 250 g/mol. The Morgan fingerprint density at radius 1 is 1.28 bits per heavy atom. The van der Waals surface area contributed by atoms with Crippen LogP contribution < -0.4 is 22.3 Å². The normalized spacial score (nSPS) is 17.7. The molecule has 6 N–H and O–H groups in total. The molecule has 0 unspecified atom stereocenters. The van der Waals surface area contributed by atoms with Crippen LogP contribution in [0.15, 0.2) is 6.07 Å². The van der Waals surface area contributed by atoms with Gasteiger partial charge in [-0.2, -0.15) is 9.97 Å². The van der Waals surface area contributed by atoms with Crippen LogP contribution in [0.1, 0.15) is 39.0 Å². The molecule has 0 radical (unpaired) electrons. The fraction of sp³-hybridized carbons (Fsp3) is 0.667. The molecule has 1 aromatic heterocycles. The van der Waals surface area contributed by atoms with Crippen LogP contribution in [-0.2, 0) is 0 Å². The van der Waals surface area contributed by atoms with Gasteiger partial charge in [0, 0.05) is 12.6 Å². The second-order valence-corrected chi connectivity index (χ2v) is 5.06. The fourth-order valence-corrected chi connectivity index (χ4v) is 2.69. The van der Waals surface area contributed by atoms with Crippen molar-refractivity contribution in [3.63, 3.8) is 0 Å². The summed E-state index contributed by atoms with van der Waals surface area (Å²) < 4.78 is 0. The van der Waals surface area contributed by atoms with Gasteiger partial charge in [0.2, 0.25) is 5.95 Å². The van der Waals surface area contributed by atoms with Crippen molar-refractivity contribution < 1.29 is 0 Å². The average Bonchev–Trinajstić information content (AvgIpc) is 2.85. The first-order valence-electron chi connectivity index (χ1n) is 6.52. The molecule has 1 aliphatic rings. The van der Waals surface area contributed by atoms with Gasteiger partial charge in [-0.3, -0.25) is 0 Å². The fourth-order valence-electron chi connectivity index (χ4n) is 2.69. The summed E-state index contributed by atoms with van der Waals surface area (Å²) in [4.78, 5) is 8.13. The number of anilines is 3. The standard InChI is InChI=1S/C12H22N6/c1-2-12(5-3-4-6-12)8-15-9-7-10(18-14)17-11(13)16-9/h7H,2-6,8,14H2,1H3,(H4,13,15,16,17,18). The number of nitrogen functional groups attached to an aromatic ring is 2. The highest BCUT2D eigenvalue weighted by Crippen LogP contribution is 2.40. The number of nitrogens with one attached hydrogen (secondary N) is 2. The molecule has 0 amide bonds. The van der Waals surface area contributed by atoms with Gasteiger partial charge in [-0.25, -0.2) is 5.84 Å². The lowest BCUT2D eigenvalue weighted by molar-refractivity contribution is 0.306. The number of nitrogens with two attached hydrogens (primary N) is 2. The molecule has 6 nitrogen and oxygen atoms in total. The highest BCUT2D eigenvalue weighted by Gasteiger charge is 2.31. The highest BCUT2D eigenvalue weighted by molar-refractivity contribution is 5.50. The molecule has 0 bridgehead atoms. The molecule has 100 valence electrons. The van der Waals surface area contributed by atoms with E-state index < -0.39 is 0 Å². The molecule has 6 heteroatoms. The molecule has 1 fully saturated rings. The Hall–Kier alpha value is -1.56. The molecule has 0 spiro atoms. The maximum Gasteiger partial charge on any atom is 0.223 e. The lowest BCUT2D eigenvalue weighted by Crippen LogP contribution is -2.26. The van der Waals surface area contributed by atoms with E-state index >= 15 is 0 Å². The van der Waals surface area contributed by atoms with Crippen LogP contribution in [0, 0.1) is 5.41 Å². The number of hydrazine groups is 1. The molecule has 0 saturated heterocycles. The van der Waals surface area contributed by atoms with Gasteiger partial charge in [-0.05, 0) is 24.7 Å². The summed E-state index contributed by atoms with van der Waals surface area (Å²) in [6.07, 6.45) is 6.44. The second-order valence-electron chi connectivity index (χ2n) is 5.06. The Bertz CT molecular complexity index is 400. The Morgan fingerprint density at radius 3 is 2.56 bits per heavy atom. The number of rotatable bonds is 5. The highest BCUT2D eigenvalue weighted by atomic mass is 15.3. The smallest absolute Gasteiger partial charge is 0.223 e. The maximum atomic E-state index is 5.63. The van der Waals surface area contributed by atoms with Gasteiger partial charge in [0.05, 0.1) is 0 Å². The predicted molar refractivity (Wildman–Crippen MR) is 73.9 cm³/mol. The van der Waals surface area contributed by atoms with Crippen molar-refractivity contribution in [2.45, 2.75) is 39.0 Å². The predicted octanol–water partition coefficient (Wildman–Crippen LogP) is 1.73. The quantitative estimate of drug-likeness (QED) is 0.469. The van der Waals surface area contributed by atoms with Crippen molar-refractivity contribution in [3.8, 4) is 0 Å². The van der Waals surface area contributed by atoms with Crippen molar-refractivity contribution in [3.05, 3.63) is 6.07 Å². The van der Waals surface area contributed by atoms with E-state index in [4.69, 9.17) is 11.6 Å². The summed E-state index contributed by atoms with van der Waals surface area (Å²) in [6.45, 7) is 3.19. The van der Waals surface area contributed by atoms with Crippen molar-refractivity contribution in [2.75, 3.05) is 23.0 Å². The third-order valence-electron chi connectivity index (χ3n) is 3.95. The third-order valence-corrected chi connectivity index (χ3v) is 3.95. The topological polar surface area (TPSA) is 102 Å². The first-order valence-corrected chi connectivity index (χ1v) is 6.52. The van der Waals surface area contributed by atoms with E-state index in [0.29, 0.717) is 11.2 Å². The Morgan fingerprint density at radius 2 is 1.94 bits per heavy atom. The molecule has 1 heterocycles. The van der Waals surface area contributed by atoms with E-state index in [1.165, 1.54) is 32.1 Å². The van der Waals surface area contributed by atoms with E-state index in [-0.39, 0.29) is 5.95 Å². The largest absolute Gasteiger partial charge is 0.369 e. The molecular weight excluding hydrogens is 228 g/mol. The van der Waals surface area contributed by atoms with Crippen LogP contribution in [0.2, 0.25) is 0 Å². The van der Waals surface area contributed by atoms with Crippen molar-refractivity contribution in [1.29, 1.82) is 0 Å². The number of hydrogen-bond acceptors (Lipinski definition) is 6. The molecule has 0 aromatic carbocycles. The van der Waals surface area contributed by atoms with Crippen LogP contribution in [0.5, 0.6) is 0 Å². The summed E-state index contributed by atoms with van der Waals surface area (Å²) in [5, 5.41) is 3.37. The van der Waals surface area contributed by atoms with Gasteiger partial charge in [-0.15, -0.1) is 0 Å². The Kier molecular flexibility index (Phi) is 3.86. The first kappa shape index (κ1) is 12.9. The summed E-state index contributed by atoms with van der Waals surface area (Å²) in [6, 6.07) is 1.77. The molecule has 0 atom stereocenters. The summed E-state index contributed by atoms with van der Waals surface area (Å²) in [7, 11) is 0. The van der Waals surface area contributed by atoms with Crippen LogP contribution >= 0.6 is 0 Å². The van der Waals surface area contributed by atoms with Crippen LogP contribution in [-0.4, -0.2) is 16.5 Å². The van der Waals surface area contributed by atoms with E-state index in [0.717, 1.165) is 12.4 Å². The number of nitrogens with zero attached hydrogens (tertiary/aromatic N) is 2. The molecule has 0 aliphatic heterocycles. The zero-order chi connectivity index (χ0) is 13.0. The van der Waals surface area contributed by atoms with Crippen molar-refractivity contribution in [2.24, 2.45) is 11.3 Å². The van der Waals surface area contributed by atoms with E-state index in [9.17, 15) is 0 Å². The summed E-state index contributed by atoms with van der Waals surface area (Å²) in [5.41, 5.74) is 8.53. The van der Waals surface area contributed by atoms with E-state index in [2.05, 4.69) is 27.6 Å². The van der Waals surface area contributed by atoms with Crippen molar-refractivity contribution >= 4 is 17.6 Å². The minimum absolute atomic E-state index is 0.227. The van der Waals surface area contributed by atoms with E-state index in [1.807, 2.05) is 0 Å². The van der Waals surface area contributed by atoms with Gasteiger partial charge in [-0.1, -0.05) is 19.8 Å². The second kappa shape index (κ2) is 5.39. The van der Waals surface area contributed by atoms with Gasteiger partial charge in [0.15, 0.2) is 0 Å². The first-order chi connectivity index (χ1) is 8.67. The summed E-state index contributed by atoms with van der Waals surface area (Å²) in [5.74, 6) is 6.82. The van der Waals surface area contributed by atoms with Crippen LogP contribution in [0.25, 0.3) is 0 Å². The molecule has 1 aromatic rings. The van der Waals surface area contributed by atoms with Gasteiger partial charge in [0.1, 0.15) is 11.6 Å². The zero-order valence-corrected chi connectivity index (χ0v) is 10.9. The van der Waals surface area contributed by atoms with Crippen LogP contribution in [0.4, 0.5) is 17.6 Å². The molecule has 2 rings (SSSR count). The minimum atomic E-state index is 0.227. The third kappa shape index (κ3) is 2.81. The van der Waals surface area contributed by atoms with Crippen molar-refractivity contribution in [1.82, 2.24) is 9.97 Å².